The molecule has 0 bridgehead atoms. The van der Waals surface area contributed by atoms with Gasteiger partial charge in [-0.25, -0.2) is 5.84 Å². The molecule has 66 valence electrons. The fraction of sp³-hybridized carbons (Fsp3) is 0.400. The van der Waals surface area contributed by atoms with Gasteiger partial charge in [0, 0.05) is 7.05 Å². The highest BCUT2D eigenvalue weighted by molar-refractivity contribution is 5.46. The summed E-state index contributed by atoms with van der Waals surface area (Å²) < 4.78 is 1.58. The first-order valence-electron chi connectivity index (χ1n) is 3.50. The molecule has 1 aromatic rings. The predicted molar refractivity (Wildman–Crippen MR) is 44.9 cm³/mol. The van der Waals surface area contributed by atoms with Gasteiger partial charge in [0.15, 0.2) is 5.82 Å². The van der Waals surface area contributed by atoms with Crippen LogP contribution in [-0.4, -0.2) is 21.7 Å². The lowest BCUT2D eigenvalue weighted by atomic mass is 10.4. The number of imidazole rings is 1. The lowest BCUT2D eigenvalue weighted by molar-refractivity contribution is 0.282. The summed E-state index contributed by atoms with van der Waals surface area (Å²) in [5.74, 6) is 6.40. The first-order chi connectivity index (χ1) is 5.61. The first kappa shape index (κ1) is 7.19. The number of hydrogen-bond donors (Lipinski definition) is 3. The van der Waals surface area contributed by atoms with Crippen molar-refractivity contribution in [3.8, 4) is 0 Å². The van der Waals surface area contributed by atoms with Crippen molar-refractivity contribution in [1.82, 2.24) is 14.7 Å². The molecule has 1 aliphatic rings. The van der Waals surface area contributed by atoms with Gasteiger partial charge in [-0.2, -0.15) is 19.9 Å². The van der Waals surface area contributed by atoms with Gasteiger partial charge in [-0.05, 0) is 0 Å². The SMILES string of the molecule is CN1Cc2c(N)nc(N)n2N1N. The van der Waals surface area contributed by atoms with Crippen molar-refractivity contribution < 1.29 is 0 Å². The minimum Gasteiger partial charge on any atom is -0.382 e. The smallest absolute Gasteiger partial charge is 0.224 e. The molecule has 0 saturated carbocycles. The zero-order chi connectivity index (χ0) is 8.88. The second kappa shape index (κ2) is 2.02. The standard InChI is InChI=1S/C5H11N7/c1-10-2-3-4(6)9-5(7)11(3)12(10)8/h2,6,8H2,1H3,(H2,7,9). The van der Waals surface area contributed by atoms with Crippen LogP contribution in [0.25, 0.3) is 0 Å². The highest BCUT2D eigenvalue weighted by atomic mass is 16.0. The Morgan fingerprint density at radius 2 is 2.08 bits per heavy atom. The molecule has 0 saturated heterocycles. The lowest BCUT2D eigenvalue weighted by Gasteiger charge is -2.20. The average Bonchev–Trinajstić information content (AvgIpc) is 2.41. The average molecular weight is 169 g/mol. The molecule has 7 heteroatoms. The van der Waals surface area contributed by atoms with Crippen LogP contribution in [-0.2, 0) is 6.54 Å². The number of nitrogen functional groups attached to an aromatic ring is 2. The molecule has 2 heterocycles. The quantitative estimate of drug-likeness (QED) is 0.397. The number of hydrogen-bond acceptors (Lipinski definition) is 6. The molecule has 6 N–H and O–H groups in total. The second-order valence-corrected chi connectivity index (χ2v) is 2.75. The molecule has 12 heavy (non-hydrogen) atoms. The molecule has 0 atom stereocenters. The Morgan fingerprint density at radius 1 is 1.42 bits per heavy atom. The van der Waals surface area contributed by atoms with Crippen molar-refractivity contribution in [2.24, 2.45) is 5.84 Å². The molecular weight excluding hydrogens is 158 g/mol. The fourth-order valence-electron chi connectivity index (χ4n) is 1.30. The van der Waals surface area contributed by atoms with E-state index in [-0.39, 0.29) is 0 Å². The van der Waals surface area contributed by atoms with E-state index in [1.54, 1.807) is 9.69 Å². The van der Waals surface area contributed by atoms with E-state index in [4.69, 9.17) is 17.3 Å². The molecule has 0 spiro atoms. The number of fused-ring (bicyclic) bond motifs is 1. The van der Waals surface area contributed by atoms with Crippen molar-refractivity contribution >= 4 is 11.8 Å². The summed E-state index contributed by atoms with van der Waals surface area (Å²) in [4.78, 5) is 3.89. The van der Waals surface area contributed by atoms with E-state index < -0.39 is 0 Å². The van der Waals surface area contributed by atoms with Crippen molar-refractivity contribution in [3.05, 3.63) is 5.69 Å². The maximum Gasteiger partial charge on any atom is 0.224 e. The molecule has 1 aromatic heterocycles. The number of hydrazine groups is 2. The summed E-state index contributed by atoms with van der Waals surface area (Å²) >= 11 is 0. The second-order valence-electron chi connectivity index (χ2n) is 2.75. The Hall–Kier alpha value is -1.47. The molecule has 0 unspecified atom stereocenters. The number of anilines is 2. The van der Waals surface area contributed by atoms with Gasteiger partial charge in [0.2, 0.25) is 5.95 Å². The van der Waals surface area contributed by atoms with Gasteiger partial charge >= 0.3 is 0 Å². The molecular formula is C5H11N7. The highest BCUT2D eigenvalue weighted by Crippen LogP contribution is 2.22. The zero-order valence-corrected chi connectivity index (χ0v) is 6.73. The van der Waals surface area contributed by atoms with Crippen LogP contribution in [0, 0.1) is 0 Å². The molecule has 0 amide bonds. The van der Waals surface area contributed by atoms with E-state index in [1.165, 1.54) is 5.23 Å². The summed E-state index contributed by atoms with van der Waals surface area (Å²) in [6, 6.07) is 0. The van der Waals surface area contributed by atoms with Gasteiger partial charge in [-0.15, -0.1) is 0 Å². The number of rotatable bonds is 0. The predicted octanol–water partition coefficient (Wildman–Crippen LogP) is -1.78. The van der Waals surface area contributed by atoms with Crippen molar-refractivity contribution in [1.29, 1.82) is 0 Å². The van der Waals surface area contributed by atoms with Gasteiger partial charge in [0.1, 0.15) is 5.69 Å². The fourth-order valence-corrected chi connectivity index (χ4v) is 1.30. The Kier molecular flexibility index (Phi) is 1.21. The van der Waals surface area contributed by atoms with E-state index in [0.29, 0.717) is 18.3 Å². The van der Waals surface area contributed by atoms with Gasteiger partial charge < -0.3 is 11.5 Å². The van der Waals surface area contributed by atoms with Crippen LogP contribution in [0.4, 0.5) is 11.8 Å². The Labute approximate surface area is 69.2 Å². The van der Waals surface area contributed by atoms with Crippen molar-refractivity contribution in [2.45, 2.75) is 6.54 Å². The number of nitrogens with zero attached hydrogens (tertiary/aromatic N) is 4. The normalized spacial score (nSPS) is 17.0. The molecule has 1 aliphatic heterocycles. The van der Waals surface area contributed by atoms with Gasteiger partial charge in [0.25, 0.3) is 0 Å². The molecule has 2 rings (SSSR count). The maximum atomic E-state index is 5.65. The lowest BCUT2D eigenvalue weighted by Crippen LogP contribution is -2.47. The summed E-state index contributed by atoms with van der Waals surface area (Å²) in [6.07, 6.45) is 0. The van der Waals surface area contributed by atoms with Crippen LogP contribution >= 0.6 is 0 Å². The van der Waals surface area contributed by atoms with Crippen LogP contribution < -0.4 is 22.5 Å². The van der Waals surface area contributed by atoms with Crippen molar-refractivity contribution in [3.63, 3.8) is 0 Å². The maximum absolute atomic E-state index is 5.65. The Balaban J connectivity index is 2.55. The molecule has 0 fully saturated rings. The summed E-state index contributed by atoms with van der Waals surface area (Å²) in [5.41, 5.74) is 12.0. The van der Waals surface area contributed by atoms with Gasteiger partial charge in [-0.3, -0.25) is 0 Å². The van der Waals surface area contributed by atoms with E-state index in [9.17, 15) is 0 Å². The van der Waals surface area contributed by atoms with Crippen molar-refractivity contribution in [2.75, 3.05) is 23.7 Å². The third kappa shape index (κ3) is 0.687. The van der Waals surface area contributed by atoms with E-state index in [0.717, 1.165) is 5.69 Å². The molecule has 0 aromatic carbocycles. The topological polar surface area (TPSA) is 102 Å². The number of nitrogens with two attached hydrogens (primary N) is 3. The largest absolute Gasteiger partial charge is 0.382 e. The highest BCUT2D eigenvalue weighted by Gasteiger charge is 2.27. The third-order valence-corrected chi connectivity index (χ3v) is 1.94. The Morgan fingerprint density at radius 3 is 2.67 bits per heavy atom. The third-order valence-electron chi connectivity index (χ3n) is 1.94. The van der Waals surface area contributed by atoms with Crippen LogP contribution in [0.3, 0.4) is 0 Å². The minimum absolute atomic E-state index is 0.314. The summed E-state index contributed by atoms with van der Waals surface area (Å²) in [6.45, 7) is 0.631. The van der Waals surface area contributed by atoms with Crippen LogP contribution in [0.15, 0.2) is 0 Å². The van der Waals surface area contributed by atoms with Crippen LogP contribution in [0.1, 0.15) is 5.69 Å². The van der Waals surface area contributed by atoms with E-state index >= 15 is 0 Å². The Bertz CT molecular complexity index is 316. The first-order valence-corrected chi connectivity index (χ1v) is 3.50. The molecule has 7 nitrogen and oxygen atoms in total. The van der Waals surface area contributed by atoms with Crippen LogP contribution in [0.2, 0.25) is 0 Å². The molecule has 0 radical (unpaired) electrons. The number of aromatic nitrogens is 2. The monoisotopic (exact) mass is 169 g/mol. The van der Waals surface area contributed by atoms with Gasteiger partial charge in [-0.1, -0.05) is 0 Å². The van der Waals surface area contributed by atoms with E-state index in [2.05, 4.69) is 4.98 Å². The van der Waals surface area contributed by atoms with Gasteiger partial charge in [0.05, 0.1) is 6.54 Å². The summed E-state index contributed by atoms with van der Waals surface area (Å²) in [7, 11) is 1.84. The van der Waals surface area contributed by atoms with E-state index in [1.807, 2.05) is 7.05 Å². The summed E-state index contributed by atoms with van der Waals surface area (Å²) in [5, 5.41) is 3.16. The molecule has 0 aliphatic carbocycles. The minimum atomic E-state index is 0.314. The van der Waals surface area contributed by atoms with Crippen LogP contribution in [0.5, 0.6) is 0 Å². The zero-order valence-electron chi connectivity index (χ0n) is 6.73.